The first kappa shape index (κ1) is 15.9. The van der Waals surface area contributed by atoms with Crippen molar-refractivity contribution >= 4 is 5.78 Å². The topological polar surface area (TPSA) is 38.1 Å². The molecule has 0 aliphatic carbocycles. The quantitative estimate of drug-likeness (QED) is 0.761. The summed E-state index contributed by atoms with van der Waals surface area (Å²) in [5.74, 6) is 0.201. The summed E-state index contributed by atoms with van der Waals surface area (Å²) >= 11 is 0. The molecule has 0 bridgehead atoms. The Kier molecular flexibility index (Phi) is 5.29. The third-order valence-corrected chi connectivity index (χ3v) is 4.12. The van der Waals surface area contributed by atoms with Gasteiger partial charge in [-0.1, -0.05) is 13.8 Å². The van der Waals surface area contributed by atoms with E-state index in [0.717, 1.165) is 18.5 Å². The minimum atomic E-state index is -0.446. The van der Waals surface area contributed by atoms with Crippen molar-refractivity contribution in [2.45, 2.75) is 58.5 Å². The number of aromatic nitrogens is 2. The smallest absolute Gasteiger partial charge is 0.158 e. The Bertz CT molecular complexity index is 417. The summed E-state index contributed by atoms with van der Waals surface area (Å²) < 4.78 is 1.99. The van der Waals surface area contributed by atoms with Crippen LogP contribution in [0.4, 0.5) is 0 Å². The molecule has 1 rings (SSSR count). The summed E-state index contributed by atoms with van der Waals surface area (Å²) in [6.07, 6.45) is 4.52. The minimum absolute atomic E-state index is 0.201. The molecule has 0 unspecified atom stereocenters. The lowest BCUT2D eigenvalue weighted by molar-refractivity contribution is -0.127. The van der Waals surface area contributed by atoms with Gasteiger partial charge in [0.15, 0.2) is 5.78 Å². The minimum Gasteiger partial charge on any atom is -0.298 e. The predicted molar refractivity (Wildman–Crippen MR) is 78.3 cm³/mol. The normalized spacial score (nSPS) is 12.4. The fraction of sp³-hybridized carbons (Fsp3) is 0.733. The molecule has 1 heterocycles. The number of hydrogen-bond donors (Lipinski definition) is 0. The standard InChI is InChI=1S/C15H27N3O/c1-7-13(8-2)18-10-9-12(16-18)11-14(19)15(3,4)17(5)6/h9-10,13H,7-8,11H2,1-6H3. The highest BCUT2D eigenvalue weighted by Crippen LogP contribution is 2.17. The number of ketones is 1. The molecule has 0 atom stereocenters. The van der Waals surface area contributed by atoms with Gasteiger partial charge in [-0.3, -0.25) is 14.4 Å². The summed E-state index contributed by atoms with van der Waals surface area (Å²) in [7, 11) is 3.86. The number of carbonyl (C=O) groups excluding carboxylic acids is 1. The second-order valence-electron chi connectivity index (χ2n) is 5.81. The number of nitrogens with zero attached hydrogens (tertiary/aromatic N) is 3. The van der Waals surface area contributed by atoms with Gasteiger partial charge in [-0.25, -0.2) is 0 Å². The molecule has 108 valence electrons. The zero-order chi connectivity index (χ0) is 14.6. The fourth-order valence-electron chi connectivity index (χ4n) is 1.97. The van der Waals surface area contributed by atoms with E-state index in [1.165, 1.54) is 0 Å². The lowest BCUT2D eigenvalue weighted by Crippen LogP contribution is -2.46. The Morgan fingerprint density at radius 3 is 2.42 bits per heavy atom. The van der Waals surface area contributed by atoms with Crippen molar-refractivity contribution in [3.63, 3.8) is 0 Å². The molecule has 0 radical (unpaired) electrons. The highest BCUT2D eigenvalue weighted by atomic mass is 16.1. The molecule has 4 nitrogen and oxygen atoms in total. The fourth-order valence-corrected chi connectivity index (χ4v) is 1.97. The van der Waals surface area contributed by atoms with Crippen LogP contribution in [0.3, 0.4) is 0 Å². The van der Waals surface area contributed by atoms with Crippen LogP contribution >= 0.6 is 0 Å². The average molecular weight is 265 g/mol. The van der Waals surface area contributed by atoms with Crippen LogP contribution in [-0.2, 0) is 11.2 Å². The Labute approximate surface area is 116 Å². The van der Waals surface area contributed by atoms with E-state index in [4.69, 9.17) is 0 Å². The van der Waals surface area contributed by atoms with Gasteiger partial charge in [-0.05, 0) is 46.9 Å². The number of Topliss-reactive ketones (excluding diaryl/α,β-unsaturated/α-hetero) is 1. The van der Waals surface area contributed by atoms with E-state index in [1.807, 2.05) is 49.8 Å². The third-order valence-electron chi connectivity index (χ3n) is 4.12. The number of hydrogen-bond acceptors (Lipinski definition) is 3. The molecule has 1 aromatic heterocycles. The average Bonchev–Trinajstić information content (AvgIpc) is 2.79. The van der Waals surface area contributed by atoms with Crippen molar-refractivity contribution < 1.29 is 4.79 Å². The summed E-state index contributed by atoms with van der Waals surface area (Å²) in [4.78, 5) is 14.3. The first-order chi connectivity index (χ1) is 8.82. The van der Waals surface area contributed by atoms with E-state index in [-0.39, 0.29) is 5.78 Å². The predicted octanol–water partition coefficient (Wildman–Crippen LogP) is 2.70. The first-order valence-electron chi connectivity index (χ1n) is 7.07. The Morgan fingerprint density at radius 1 is 1.37 bits per heavy atom. The van der Waals surface area contributed by atoms with Crippen LogP contribution in [0.5, 0.6) is 0 Å². The Morgan fingerprint density at radius 2 is 1.95 bits per heavy atom. The maximum absolute atomic E-state index is 12.3. The van der Waals surface area contributed by atoms with Gasteiger partial charge in [0.05, 0.1) is 23.7 Å². The Balaban J connectivity index is 2.76. The second-order valence-corrected chi connectivity index (χ2v) is 5.81. The van der Waals surface area contributed by atoms with Crippen LogP contribution in [0.2, 0.25) is 0 Å². The summed E-state index contributed by atoms with van der Waals surface area (Å²) in [5, 5.41) is 4.54. The van der Waals surface area contributed by atoms with Gasteiger partial charge in [-0.2, -0.15) is 5.10 Å². The number of rotatable bonds is 7. The van der Waals surface area contributed by atoms with Crippen molar-refractivity contribution in [3.05, 3.63) is 18.0 Å². The molecule has 1 aromatic rings. The summed E-state index contributed by atoms with van der Waals surface area (Å²) in [6, 6.07) is 2.40. The van der Waals surface area contributed by atoms with Crippen LogP contribution in [0, 0.1) is 0 Å². The zero-order valence-corrected chi connectivity index (χ0v) is 13.1. The molecule has 0 saturated heterocycles. The van der Waals surface area contributed by atoms with E-state index in [2.05, 4.69) is 18.9 Å². The molecule has 0 aliphatic heterocycles. The first-order valence-corrected chi connectivity index (χ1v) is 7.07. The van der Waals surface area contributed by atoms with Gasteiger partial charge in [0.25, 0.3) is 0 Å². The van der Waals surface area contributed by atoms with Crippen LogP contribution in [-0.4, -0.2) is 40.1 Å². The number of likely N-dealkylation sites (N-methyl/N-ethyl adjacent to an activating group) is 1. The van der Waals surface area contributed by atoms with E-state index >= 15 is 0 Å². The summed E-state index contributed by atoms with van der Waals surface area (Å²) in [6.45, 7) is 8.23. The van der Waals surface area contributed by atoms with Gasteiger partial charge in [-0.15, -0.1) is 0 Å². The SMILES string of the molecule is CCC(CC)n1ccc(CC(=O)C(C)(C)N(C)C)n1. The van der Waals surface area contributed by atoms with Crippen molar-refractivity contribution in [3.8, 4) is 0 Å². The maximum atomic E-state index is 12.3. The van der Waals surface area contributed by atoms with Gasteiger partial charge in [0, 0.05) is 6.20 Å². The van der Waals surface area contributed by atoms with Crippen molar-refractivity contribution in [2.24, 2.45) is 0 Å². The van der Waals surface area contributed by atoms with E-state index < -0.39 is 5.54 Å². The van der Waals surface area contributed by atoms with Crippen molar-refractivity contribution in [1.82, 2.24) is 14.7 Å². The number of carbonyl (C=O) groups is 1. The molecule has 0 fully saturated rings. The Hall–Kier alpha value is -1.16. The molecule has 19 heavy (non-hydrogen) atoms. The van der Waals surface area contributed by atoms with Gasteiger partial charge >= 0.3 is 0 Å². The second kappa shape index (κ2) is 6.33. The highest BCUT2D eigenvalue weighted by molar-refractivity contribution is 5.89. The molecule has 0 amide bonds. The van der Waals surface area contributed by atoms with Gasteiger partial charge in [0.2, 0.25) is 0 Å². The highest BCUT2D eigenvalue weighted by Gasteiger charge is 2.30. The lowest BCUT2D eigenvalue weighted by atomic mass is 9.94. The van der Waals surface area contributed by atoms with Crippen LogP contribution < -0.4 is 0 Å². The third kappa shape index (κ3) is 3.66. The molecular formula is C15H27N3O. The van der Waals surface area contributed by atoms with E-state index in [0.29, 0.717) is 12.5 Å². The van der Waals surface area contributed by atoms with E-state index in [1.54, 1.807) is 0 Å². The largest absolute Gasteiger partial charge is 0.298 e. The zero-order valence-electron chi connectivity index (χ0n) is 13.1. The van der Waals surface area contributed by atoms with E-state index in [9.17, 15) is 4.79 Å². The van der Waals surface area contributed by atoms with Gasteiger partial charge < -0.3 is 0 Å². The molecular weight excluding hydrogens is 238 g/mol. The van der Waals surface area contributed by atoms with Crippen molar-refractivity contribution in [1.29, 1.82) is 0 Å². The molecule has 0 N–H and O–H groups in total. The molecule has 0 aliphatic rings. The summed E-state index contributed by atoms with van der Waals surface area (Å²) in [5.41, 5.74) is 0.422. The molecule has 0 aromatic carbocycles. The monoisotopic (exact) mass is 265 g/mol. The lowest BCUT2D eigenvalue weighted by Gasteiger charge is -2.30. The molecule has 0 saturated carbocycles. The molecule has 0 spiro atoms. The van der Waals surface area contributed by atoms with Crippen LogP contribution in [0.1, 0.15) is 52.3 Å². The van der Waals surface area contributed by atoms with Crippen LogP contribution in [0.15, 0.2) is 12.3 Å². The van der Waals surface area contributed by atoms with Crippen LogP contribution in [0.25, 0.3) is 0 Å². The van der Waals surface area contributed by atoms with Crippen molar-refractivity contribution in [2.75, 3.05) is 14.1 Å². The van der Waals surface area contributed by atoms with Gasteiger partial charge in [0.1, 0.15) is 0 Å². The molecule has 4 heteroatoms. The maximum Gasteiger partial charge on any atom is 0.158 e.